The molecule has 0 aliphatic rings. The van der Waals surface area contributed by atoms with Gasteiger partial charge in [-0.25, -0.2) is 14.6 Å². The van der Waals surface area contributed by atoms with Gasteiger partial charge in [-0.3, -0.25) is 0 Å². The highest BCUT2D eigenvalue weighted by molar-refractivity contribution is 6.30. The summed E-state index contributed by atoms with van der Waals surface area (Å²) in [4.78, 5) is 8.39. The van der Waals surface area contributed by atoms with Crippen LogP contribution in [0.4, 0.5) is 5.95 Å². The van der Waals surface area contributed by atoms with Crippen molar-refractivity contribution in [1.82, 2.24) is 19.7 Å². The van der Waals surface area contributed by atoms with Gasteiger partial charge in [-0.2, -0.15) is 5.10 Å². The van der Waals surface area contributed by atoms with Crippen LogP contribution in [0, 0.1) is 0 Å². The molecule has 0 atom stereocenters. The van der Waals surface area contributed by atoms with Crippen LogP contribution in [0.3, 0.4) is 0 Å². The van der Waals surface area contributed by atoms with E-state index in [0.717, 1.165) is 28.9 Å². The third-order valence-electron chi connectivity index (χ3n) is 4.17. The molecule has 4 aromatic rings. The number of benzene rings is 2. The van der Waals surface area contributed by atoms with E-state index < -0.39 is 0 Å². The second-order valence-corrected chi connectivity index (χ2v) is 6.48. The Labute approximate surface area is 162 Å². The first kappa shape index (κ1) is 17.2. The molecule has 0 aliphatic carbocycles. The van der Waals surface area contributed by atoms with Crippen LogP contribution >= 0.6 is 11.6 Å². The van der Waals surface area contributed by atoms with Crippen molar-refractivity contribution >= 4 is 17.5 Å². The van der Waals surface area contributed by atoms with Gasteiger partial charge >= 0.3 is 0 Å². The summed E-state index contributed by atoms with van der Waals surface area (Å²) in [5, 5.41) is 8.78. The third kappa shape index (κ3) is 4.15. The van der Waals surface area contributed by atoms with Crippen LogP contribution in [0.1, 0.15) is 5.56 Å². The van der Waals surface area contributed by atoms with E-state index in [1.165, 1.54) is 0 Å². The fraction of sp³-hybridized carbons (Fsp3) is 0.0952. The molecule has 0 bridgehead atoms. The van der Waals surface area contributed by atoms with Gasteiger partial charge in [-0.1, -0.05) is 41.9 Å². The minimum Gasteiger partial charge on any atom is -0.354 e. The van der Waals surface area contributed by atoms with E-state index in [1.807, 2.05) is 59.3 Å². The molecule has 2 aromatic carbocycles. The Hall–Kier alpha value is -3.18. The average molecular weight is 376 g/mol. The standard InChI is InChI=1S/C21H18ClN5/c22-18-9-7-16(8-10-18)20-17(11-14-25-21-23-12-4-13-24-21)15-27(26-20)19-5-2-1-3-6-19/h1-10,12-13,15H,11,14H2,(H,23,24,25). The molecular weight excluding hydrogens is 358 g/mol. The smallest absolute Gasteiger partial charge is 0.222 e. The molecule has 0 spiro atoms. The SMILES string of the molecule is Clc1ccc(-c2nn(-c3ccccc3)cc2CCNc2ncccn2)cc1. The minimum absolute atomic E-state index is 0.626. The first-order chi connectivity index (χ1) is 13.3. The van der Waals surface area contributed by atoms with E-state index in [9.17, 15) is 0 Å². The van der Waals surface area contributed by atoms with E-state index in [0.29, 0.717) is 17.5 Å². The predicted molar refractivity (Wildman–Crippen MR) is 108 cm³/mol. The summed E-state index contributed by atoms with van der Waals surface area (Å²) in [6.07, 6.45) is 6.32. The quantitative estimate of drug-likeness (QED) is 0.533. The molecule has 6 heteroatoms. The van der Waals surface area contributed by atoms with Gasteiger partial charge in [-0.15, -0.1) is 0 Å². The normalized spacial score (nSPS) is 10.7. The molecular formula is C21H18ClN5. The molecule has 0 unspecified atom stereocenters. The predicted octanol–water partition coefficient (Wildman–Crippen LogP) is 4.64. The molecule has 0 radical (unpaired) electrons. The van der Waals surface area contributed by atoms with Crippen LogP contribution in [-0.4, -0.2) is 26.3 Å². The summed E-state index contributed by atoms with van der Waals surface area (Å²) in [7, 11) is 0. The van der Waals surface area contributed by atoms with E-state index in [-0.39, 0.29) is 0 Å². The molecule has 5 nitrogen and oxygen atoms in total. The summed E-state index contributed by atoms with van der Waals surface area (Å²) in [6, 6.07) is 19.7. The molecule has 134 valence electrons. The van der Waals surface area contributed by atoms with Crippen molar-refractivity contribution in [3.05, 3.63) is 89.8 Å². The maximum Gasteiger partial charge on any atom is 0.222 e. The zero-order valence-corrected chi connectivity index (χ0v) is 15.3. The summed E-state index contributed by atoms with van der Waals surface area (Å²) < 4.78 is 1.91. The van der Waals surface area contributed by atoms with Crippen LogP contribution in [0.2, 0.25) is 5.02 Å². The summed E-state index contributed by atoms with van der Waals surface area (Å²) in [5.41, 5.74) is 4.16. The molecule has 2 aromatic heterocycles. The first-order valence-corrected chi connectivity index (χ1v) is 9.08. The summed E-state index contributed by atoms with van der Waals surface area (Å²) >= 11 is 6.04. The van der Waals surface area contributed by atoms with Gasteiger partial charge in [-0.05, 0) is 36.8 Å². The molecule has 27 heavy (non-hydrogen) atoms. The van der Waals surface area contributed by atoms with Gasteiger partial charge in [0.15, 0.2) is 0 Å². The number of hydrogen-bond acceptors (Lipinski definition) is 4. The van der Waals surface area contributed by atoms with Crippen LogP contribution in [0.25, 0.3) is 16.9 Å². The molecule has 0 amide bonds. The Bertz CT molecular complexity index is 998. The monoisotopic (exact) mass is 375 g/mol. The van der Waals surface area contributed by atoms with Crippen molar-refractivity contribution < 1.29 is 0 Å². The number of para-hydroxylation sites is 1. The van der Waals surface area contributed by atoms with Crippen molar-refractivity contribution in [2.24, 2.45) is 0 Å². The van der Waals surface area contributed by atoms with E-state index in [2.05, 4.69) is 21.5 Å². The number of nitrogens with zero attached hydrogens (tertiary/aromatic N) is 4. The lowest BCUT2D eigenvalue weighted by Gasteiger charge is -2.05. The Morgan fingerprint density at radius 3 is 2.37 bits per heavy atom. The third-order valence-corrected chi connectivity index (χ3v) is 4.42. The summed E-state index contributed by atoms with van der Waals surface area (Å²) in [5.74, 6) is 0.626. The zero-order chi connectivity index (χ0) is 18.5. The van der Waals surface area contributed by atoms with Crippen LogP contribution in [0.5, 0.6) is 0 Å². The van der Waals surface area contributed by atoms with Crippen LogP contribution in [-0.2, 0) is 6.42 Å². The molecule has 0 saturated heterocycles. The zero-order valence-electron chi connectivity index (χ0n) is 14.6. The maximum absolute atomic E-state index is 6.04. The number of aromatic nitrogens is 4. The second-order valence-electron chi connectivity index (χ2n) is 6.04. The minimum atomic E-state index is 0.626. The van der Waals surface area contributed by atoms with E-state index in [4.69, 9.17) is 16.7 Å². The lowest BCUT2D eigenvalue weighted by atomic mass is 10.1. The van der Waals surface area contributed by atoms with E-state index in [1.54, 1.807) is 18.5 Å². The largest absolute Gasteiger partial charge is 0.354 e. The van der Waals surface area contributed by atoms with Crippen LogP contribution in [0.15, 0.2) is 79.3 Å². The fourth-order valence-electron chi connectivity index (χ4n) is 2.86. The summed E-state index contributed by atoms with van der Waals surface area (Å²) in [6.45, 7) is 0.713. The fourth-order valence-corrected chi connectivity index (χ4v) is 2.98. The van der Waals surface area contributed by atoms with Crippen LogP contribution < -0.4 is 5.32 Å². The van der Waals surface area contributed by atoms with Crippen molar-refractivity contribution in [3.8, 4) is 16.9 Å². The highest BCUT2D eigenvalue weighted by Gasteiger charge is 2.12. The van der Waals surface area contributed by atoms with E-state index >= 15 is 0 Å². The molecule has 4 rings (SSSR count). The number of anilines is 1. The van der Waals surface area contributed by atoms with Crippen molar-refractivity contribution in [2.75, 3.05) is 11.9 Å². The Morgan fingerprint density at radius 1 is 0.889 bits per heavy atom. The van der Waals surface area contributed by atoms with Gasteiger partial charge in [0.25, 0.3) is 0 Å². The van der Waals surface area contributed by atoms with Gasteiger partial charge in [0.05, 0.1) is 11.4 Å². The number of rotatable bonds is 6. The molecule has 2 heterocycles. The lowest BCUT2D eigenvalue weighted by molar-refractivity contribution is 0.882. The van der Waals surface area contributed by atoms with Crippen molar-refractivity contribution in [3.63, 3.8) is 0 Å². The highest BCUT2D eigenvalue weighted by atomic mass is 35.5. The number of nitrogens with one attached hydrogen (secondary N) is 1. The van der Waals surface area contributed by atoms with Crippen molar-refractivity contribution in [2.45, 2.75) is 6.42 Å². The lowest BCUT2D eigenvalue weighted by Crippen LogP contribution is -2.07. The molecule has 0 fully saturated rings. The van der Waals surface area contributed by atoms with Gasteiger partial charge in [0.2, 0.25) is 5.95 Å². The molecule has 0 aliphatic heterocycles. The average Bonchev–Trinajstić information content (AvgIpc) is 3.14. The number of halogens is 1. The molecule has 0 saturated carbocycles. The first-order valence-electron chi connectivity index (χ1n) is 8.70. The molecule has 1 N–H and O–H groups in total. The van der Waals surface area contributed by atoms with Gasteiger partial charge < -0.3 is 5.32 Å². The Balaban J connectivity index is 1.61. The second kappa shape index (κ2) is 8.01. The topological polar surface area (TPSA) is 55.6 Å². The Kier molecular flexibility index (Phi) is 5.12. The maximum atomic E-state index is 6.04. The van der Waals surface area contributed by atoms with Gasteiger partial charge in [0.1, 0.15) is 0 Å². The highest BCUT2D eigenvalue weighted by Crippen LogP contribution is 2.25. The van der Waals surface area contributed by atoms with Gasteiger partial charge in [0, 0.05) is 41.3 Å². The van der Waals surface area contributed by atoms with Crippen molar-refractivity contribution in [1.29, 1.82) is 0 Å². The number of hydrogen-bond donors (Lipinski definition) is 1. The Morgan fingerprint density at radius 2 is 1.63 bits per heavy atom.